The van der Waals surface area contributed by atoms with Gasteiger partial charge in [0.05, 0.1) is 23.6 Å². The van der Waals surface area contributed by atoms with Gasteiger partial charge in [0, 0.05) is 56.3 Å². The molecule has 7 nitrogen and oxygen atoms in total. The normalized spacial score (nSPS) is 16.5. The lowest BCUT2D eigenvalue weighted by molar-refractivity contribution is -0.686. The fourth-order valence-corrected chi connectivity index (χ4v) is 6.12. The molecule has 3 aliphatic heterocycles. The van der Waals surface area contributed by atoms with Crippen LogP contribution in [0.2, 0.25) is 0 Å². The first-order valence-electron chi connectivity index (χ1n) is 13.6. The first-order chi connectivity index (χ1) is 19.8. The number of piperazine rings is 1. The highest BCUT2D eigenvalue weighted by Gasteiger charge is 2.31. The number of aromatic nitrogens is 1. The Balaban J connectivity index is 1.18. The van der Waals surface area contributed by atoms with Gasteiger partial charge < -0.3 is 24.2 Å². The maximum absolute atomic E-state index is 13.0. The Morgan fingerprint density at radius 1 is 0.951 bits per heavy atom. The number of methoxy groups -OCH3 is 1. The van der Waals surface area contributed by atoms with Crippen LogP contribution in [-0.4, -0.2) is 50.1 Å². The molecule has 0 unspecified atom stereocenters. The summed E-state index contributed by atoms with van der Waals surface area (Å²) < 4.78 is 57.9. The zero-order chi connectivity index (χ0) is 28.3. The van der Waals surface area contributed by atoms with Gasteiger partial charge in [-0.3, -0.25) is 4.90 Å². The predicted molar refractivity (Wildman–Crippen MR) is 147 cm³/mol. The number of nitrogens with zero attached hydrogens (tertiary/aromatic N) is 3. The second kappa shape index (κ2) is 9.73. The number of anilines is 1. The molecule has 1 N–H and O–H groups in total. The van der Waals surface area contributed by atoms with E-state index in [1.54, 1.807) is 19.2 Å². The number of phenols is 1. The first kappa shape index (κ1) is 25.8. The molecule has 0 aliphatic carbocycles. The minimum absolute atomic E-state index is 0.116. The van der Waals surface area contributed by atoms with Crippen molar-refractivity contribution in [1.29, 1.82) is 0 Å². The largest absolute Gasteiger partial charge is 0.504 e. The predicted octanol–water partition coefficient (Wildman–Crippen LogP) is 5.13. The lowest BCUT2D eigenvalue weighted by Gasteiger charge is -2.36. The number of aryl methyl sites for hydroxylation is 2. The third-order valence-electron chi connectivity index (χ3n) is 8.35. The van der Waals surface area contributed by atoms with Gasteiger partial charge in [0.15, 0.2) is 35.7 Å². The fourth-order valence-electron chi connectivity index (χ4n) is 6.12. The molecular formula is C31H29F3N3O4+. The second-order valence-corrected chi connectivity index (χ2v) is 10.7. The first-order valence-corrected chi connectivity index (χ1v) is 13.6. The number of ether oxygens (including phenoxy) is 3. The lowest BCUT2D eigenvalue weighted by Crippen LogP contribution is -2.46. The molecule has 0 atom stereocenters. The molecule has 7 rings (SSSR count). The monoisotopic (exact) mass is 564 g/mol. The zero-order valence-corrected chi connectivity index (χ0v) is 22.5. The number of hydrogen-bond acceptors (Lipinski definition) is 6. The number of hydrogen-bond donors (Lipinski definition) is 1. The van der Waals surface area contributed by atoms with Gasteiger partial charge in [0.2, 0.25) is 12.5 Å². The van der Waals surface area contributed by atoms with Gasteiger partial charge in [-0.1, -0.05) is 0 Å². The highest BCUT2D eigenvalue weighted by atomic mass is 19.4. The van der Waals surface area contributed by atoms with E-state index in [0.717, 1.165) is 83.0 Å². The number of halogens is 3. The van der Waals surface area contributed by atoms with E-state index in [1.807, 2.05) is 18.3 Å². The van der Waals surface area contributed by atoms with Crippen molar-refractivity contribution >= 4 is 16.5 Å². The van der Waals surface area contributed by atoms with Crippen LogP contribution in [0.3, 0.4) is 0 Å². The number of benzene rings is 3. The average molecular weight is 565 g/mol. The van der Waals surface area contributed by atoms with Gasteiger partial charge in [0.25, 0.3) is 0 Å². The summed E-state index contributed by atoms with van der Waals surface area (Å²) in [4.78, 5) is 4.44. The second-order valence-electron chi connectivity index (χ2n) is 10.7. The molecule has 4 aromatic rings. The van der Waals surface area contributed by atoms with Crippen LogP contribution in [0.15, 0.2) is 54.7 Å². The summed E-state index contributed by atoms with van der Waals surface area (Å²) in [5.41, 5.74) is 4.53. The molecule has 0 bridgehead atoms. The van der Waals surface area contributed by atoms with E-state index in [0.29, 0.717) is 25.4 Å². The number of fused-ring (bicyclic) bond motifs is 5. The zero-order valence-electron chi connectivity index (χ0n) is 22.5. The Kier molecular flexibility index (Phi) is 6.11. The molecule has 0 amide bonds. The minimum Gasteiger partial charge on any atom is -0.504 e. The summed E-state index contributed by atoms with van der Waals surface area (Å²) in [6.45, 7) is 4.53. The summed E-state index contributed by atoms with van der Waals surface area (Å²) in [7, 11) is 1.55. The average Bonchev–Trinajstić information content (AvgIpc) is 3.44. The Labute approximate surface area is 234 Å². The molecule has 41 heavy (non-hydrogen) atoms. The van der Waals surface area contributed by atoms with Crippen LogP contribution in [0.5, 0.6) is 23.0 Å². The summed E-state index contributed by atoms with van der Waals surface area (Å²) in [5.74, 6) is 2.05. The van der Waals surface area contributed by atoms with Crippen molar-refractivity contribution in [1.82, 2.24) is 4.90 Å². The van der Waals surface area contributed by atoms with Crippen LogP contribution < -0.4 is 23.7 Å². The SMILES string of the molecule is COc1cc(CN2CCN(c3ccc(C(F)(F)F)cc3)CC2)c2cc3[n+](cc2c1O)CCc1cc2c(cc1-3)OCO2. The molecule has 4 heterocycles. The summed E-state index contributed by atoms with van der Waals surface area (Å²) in [5, 5.41) is 12.7. The van der Waals surface area contributed by atoms with Crippen molar-refractivity contribution in [2.45, 2.75) is 25.7 Å². The van der Waals surface area contributed by atoms with Gasteiger partial charge in [-0.15, -0.1) is 0 Å². The van der Waals surface area contributed by atoms with Crippen LogP contribution >= 0.6 is 0 Å². The van der Waals surface area contributed by atoms with Gasteiger partial charge in [-0.05, 0) is 53.6 Å². The fraction of sp³-hybridized carbons (Fsp3) is 0.323. The topological polar surface area (TPSA) is 58.3 Å². The summed E-state index contributed by atoms with van der Waals surface area (Å²) >= 11 is 0. The standard InChI is InChI=1S/C31H28F3N3O4/c1-39-29-13-20(16-35-8-10-36(11-9-35)22-4-2-21(3-5-22)31(32,33)34)23-14-26-24-15-28-27(40-18-41-28)12-19(24)6-7-37(26)17-25(23)30(29)38/h2-5,12-15,17H,6-11,16,18H2,1H3/p+1. The van der Waals surface area contributed by atoms with E-state index >= 15 is 0 Å². The molecule has 212 valence electrons. The maximum atomic E-state index is 13.0. The summed E-state index contributed by atoms with van der Waals surface area (Å²) in [6.07, 6.45) is -1.49. The quantitative estimate of drug-likeness (QED) is 0.347. The Bertz CT molecular complexity index is 1650. The van der Waals surface area contributed by atoms with Crippen molar-refractivity contribution in [2.75, 3.05) is 45.0 Å². The highest BCUT2D eigenvalue weighted by molar-refractivity contribution is 5.94. The third kappa shape index (κ3) is 4.56. The highest BCUT2D eigenvalue weighted by Crippen LogP contribution is 2.42. The Morgan fingerprint density at radius 3 is 2.39 bits per heavy atom. The van der Waals surface area contributed by atoms with Crippen molar-refractivity contribution in [3.8, 4) is 34.3 Å². The molecule has 1 aromatic heterocycles. The van der Waals surface area contributed by atoms with Gasteiger partial charge in [0.1, 0.15) is 0 Å². The van der Waals surface area contributed by atoms with Crippen molar-refractivity contribution < 1.29 is 37.1 Å². The van der Waals surface area contributed by atoms with Crippen LogP contribution in [0.25, 0.3) is 22.0 Å². The van der Waals surface area contributed by atoms with E-state index < -0.39 is 11.7 Å². The Morgan fingerprint density at radius 2 is 1.68 bits per heavy atom. The third-order valence-corrected chi connectivity index (χ3v) is 8.35. The number of pyridine rings is 1. The number of alkyl halides is 3. The molecule has 0 spiro atoms. The van der Waals surface area contributed by atoms with E-state index in [2.05, 4.69) is 26.5 Å². The van der Waals surface area contributed by atoms with Gasteiger partial charge >= 0.3 is 6.18 Å². The summed E-state index contributed by atoms with van der Waals surface area (Å²) in [6, 6.07) is 13.5. The van der Waals surface area contributed by atoms with E-state index in [1.165, 1.54) is 5.56 Å². The molecule has 3 aromatic carbocycles. The van der Waals surface area contributed by atoms with Crippen LogP contribution in [0.4, 0.5) is 18.9 Å². The Hall–Kier alpha value is -4.18. The van der Waals surface area contributed by atoms with E-state index in [4.69, 9.17) is 14.2 Å². The van der Waals surface area contributed by atoms with Crippen molar-refractivity contribution in [3.05, 3.63) is 71.4 Å². The number of rotatable bonds is 4. The van der Waals surface area contributed by atoms with Crippen LogP contribution in [0, 0.1) is 0 Å². The molecule has 0 saturated carbocycles. The molecule has 3 aliphatic rings. The van der Waals surface area contributed by atoms with Crippen LogP contribution in [-0.2, 0) is 25.7 Å². The lowest BCUT2D eigenvalue weighted by atomic mass is 9.94. The van der Waals surface area contributed by atoms with Crippen molar-refractivity contribution in [3.63, 3.8) is 0 Å². The maximum Gasteiger partial charge on any atom is 0.416 e. The van der Waals surface area contributed by atoms with Crippen LogP contribution in [0.1, 0.15) is 16.7 Å². The minimum atomic E-state index is -4.34. The molecule has 1 saturated heterocycles. The van der Waals surface area contributed by atoms with E-state index in [9.17, 15) is 18.3 Å². The van der Waals surface area contributed by atoms with E-state index in [-0.39, 0.29) is 12.5 Å². The molecule has 10 heteroatoms. The molecule has 0 radical (unpaired) electrons. The molecule has 1 fully saturated rings. The number of phenolic OH excluding ortho intramolecular Hbond substituents is 1. The van der Waals surface area contributed by atoms with Crippen molar-refractivity contribution in [2.24, 2.45) is 0 Å². The van der Waals surface area contributed by atoms with Gasteiger partial charge in [-0.25, -0.2) is 0 Å². The smallest absolute Gasteiger partial charge is 0.416 e. The molecular weight excluding hydrogens is 535 g/mol. The number of aromatic hydroxyl groups is 1. The van der Waals surface area contributed by atoms with Gasteiger partial charge in [-0.2, -0.15) is 17.7 Å².